The van der Waals surface area contributed by atoms with Gasteiger partial charge < -0.3 is 20.3 Å². The summed E-state index contributed by atoms with van der Waals surface area (Å²) in [6, 6.07) is 18.4. The Morgan fingerprint density at radius 1 is 1.14 bits per heavy atom. The van der Waals surface area contributed by atoms with Crippen molar-refractivity contribution in [3.63, 3.8) is 0 Å². The third-order valence-corrected chi connectivity index (χ3v) is 4.58. The molecule has 0 spiro atoms. The molecule has 2 aromatic rings. The van der Waals surface area contributed by atoms with E-state index in [1.165, 1.54) is 5.56 Å². The van der Waals surface area contributed by atoms with Gasteiger partial charge in [0.05, 0.1) is 6.54 Å². The molecule has 0 bridgehead atoms. The second-order valence-corrected chi connectivity index (χ2v) is 7.29. The quantitative estimate of drug-likeness (QED) is 0.507. The molecule has 29 heavy (non-hydrogen) atoms. The monoisotopic (exact) mass is 394 g/mol. The van der Waals surface area contributed by atoms with Crippen LogP contribution in [-0.2, 0) is 17.9 Å². The molecule has 6 heteroatoms. The molecule has 3 rings (SSSR count). The number of nitrogens with one attached hydrogen (secondary N) is 2. The molecule has 1 saturated carbocycles. The van der Waals surface area contributed by atoms with Crippen LogP contribution in [0.3, 0.4) is 0 Å². The van der Waals surface area contributed by atoms with Crippen LogP contribution >= 0.6 is 0 Å². The molecular formula is C23H30N4O2. The van der Waals surface area contributed by atoms with E-state index < -0.39 is 0 Å². The molecule has 1 amide bonds. The summed E-state index contributed by atoms with van der Waals surface area (Å²) in [5.41, 5.74) is 2.27. The van der Waals surface area contributed by atoms with Gasteiger partial charge in [0.2, 0.25) is 0 Å². The number of benzene rings is 2. The molecule has 1 aliphatic rings. The Balaban J connectivity index is 1.57. The zero-order chi connectivity index (χ0) is 20.5. The molecule has 0 radical (unpaired) electrons. The minimum Gasteiger partial charge on any atom is -0.484 e. The SMILES string of the molecule is CCNC(=NCc1cccc(OCC(=O)NC2CC2)c1)N(C)Cc1ccccc1. The Bertz CT molecular complexity index is 819. The molecule has 0 atom stereocenters. The van der Waals surface area contributed by atoms with Gasteiger partial charge in [0.25, 0.3) is 5.91 Å². The smallest absolute Gasteiger partial charge is 0.258 e. The second-order valence-electron chi connectivity index (χ2n) is 7.29. The normalized spacial score (nSPS) is 13.7. The van der Waals surface area contributed by atoms with E-state index in [1.807, 2.05) is 49.5 Å². The Morgan fingerprint density at radius 2 is 1.90 bits per heavy atom. The average Bonchev–Trinajstić information content (AvgIpc) is 3.54. The number of guanidine groups is 1. The zero-order valence-electron chi connectivity index (χ0n) is 17.2. The number of carbonyl (C=O) groups is 1. The van der Waals surface area contributed by atoms with Crippen LogP contribution in [-0.4, -0.2) is 43.0 Å². The average molecular weight is 395 g/mol. The van der Waals surface area contributed by atoms with Gasteiger partial charge in [-0.1, -0.05) is 42.5 Å². The number of amides is 1. The molecule has 0 unspecified atom stereocenters. The highest BCUT2D eigenvalue weighted by molar-refractivity contribution is 5.79. The fourth-order valence-corrected chi connectivity index (χ4v) is 2.95. The van der Waals surface area contributed by atoms with Gasteiger partial charge in [-0.2, -0.15) is 0 Å². The lowest BCUT2D eigenvalue weighted by molar-refractivity contribution is -0.123. The van der Waals surface area contributed by atoms with Crippen molar-refractivity contribution in [3.8, 4) is 5.75 Å². The summed E-state index contributed by atoms with van der Waals surface area (Å²) in [5.74, 6) is 1.48. The number of aliphatic imine (C=N–C) groups is 1. The van der Waals surface area contributed by atoms with E-state index in [9.17, 15) is 4.79 Å². The van der Waals surface area contributed by atoms with E-state index >= 15 is 0 Å². The first-order valence-electron chi connectivity index (χ1n) is 10.2. The van der Waals surface area contributed by atoms with E-state index in [1.54, 1.807) is 0 Å². The maximum atomic E-state index is 11.8. The zero-order valence-corrected chi connectivity index (χ0v) is 17.2. The van der Waals surface area contributed by atoms with Crippen LogP contribution in [0.15, 0.2) is 59.6 Å². The number of rotatable bonds is 9. The summed E-state index contributed by atoms with van der Waals surface area (Å²) in [6.45, 7) is 4.23. The molecule has 1 fully saturated rings. The van der Waals surface area contributed by atoms with Gasteiger partial charge in [-0.25, -0.2) is 4.99 Å². The summed E-state index contributed by atoms with van der Waals surface area (Å²) in [4.78, 5) is 18.7. The van der Waals surface area contributed by atoms with Crippen LogP contribution in [0.4, 0.5) is 0 Å². The highest BCUT2D eigenvalue weighted by Gasteiger charge is 2.23. The van der Waals surface area contributed by atoms with E-state index in [4.69, 9.17) is 9.73 Å². The van der Waals surface area contributed by atoms with Gasteiger partial charge in [0.15, 0.2) is 12.6 Å². The first kappa shape index (κ1) is 20.7. The third-order valence-electron chi connectivity index (χ3n) is 4.58. The molecule has 1 aliphatic carbocycles. The van der Waals surface area contributed by atoms with E-state index in [0.29, 0.717) is 18.3 Å². The molecule has 0 heterocycles. The van der Waals surface area contributed by atoms with Gasteiger partial charge in [0.1, 0.15) is 5.75 Å². The Hall–Kier alpha value is -3.02. The van der Waals surface area contributed by atoms with E-state index in [-0.39, 0.29) is 12.5 Å². The van der Waals surface area contributed by atoms with Crippen LogP contribution in [0.1, 0.15) is 30.9 Å². The highest BCUT2D eigenvalue weighted by atomic mass is 16.5. The van der Waals surface area contributed by atoms with E-state index in [2.05, 4.69) is 34.6 Å². The summed E-state index contributed by atoms with van der Waals surface area (Å²) >= 11 is 0. The predicted molar refractivity (Wildman–Crippen MR) is 116 cm³/mol. The minimum atomic E-state index is -0.0621. The van der Waals surface area contributed by atoms with Crippen molar-refractivity contribution in [3.05, 3.63) is 65.7 Å². The van der Waals surface area contributed by atoms with Gasteiger partial charge in [0, 0.05) is 26.2 Å². The van der Waals surface area contributed by atoms with Gasteiger partial charge in [-0.3, -0.25) is 4.79 Å². The maximum absolute atomic E-state index is 11.8. The topological polar surface area (TPSA) is 66.0 Å². The molecular weight excluding hydrogens is 364 g/mol. The number of nitrogens with zero attached hydrogens (tertiary/aromatic N) is 2. The van der Waals surface area contributed by atoms with Gasteiger partial charge >= 0.3 is 0 Å². The predicted octanol–water partition coefficient (Wildman–Crippen LogP) is 2.94. The summed E-state index contributed by atoms with van der Waals surface area (Å²) in [6.07, 6.45) is 2.15. The lowest BCUT2D eigenvalue weighted by Crippen LogP contribution is -2.38. The van der Waals surface area contributed by atoms with Crippen LogP contribution in [0.5, 0.6) is 5.75 Å². The lowest BCUT2D eigenvalue weighted by atomic mass is 10.2. The number of carbonyl (C=O) groups excluding carboxylic acids is 1. The third kappa shape index (κ3) is 7.14. The Labute approximate surface area is 173 Å². The van der Waals surface area contributed by atoms with Gasteiger partial charge in [-0.05, 0) is 43.0 Å². The van der Waals surface area contributed by atoms with Crippen molar-refractivity contribution in [2.45, 2.75) is 38.9 Å². The molecule has 0 saturated heterocycles. The number of hydrogen-bond donors (Lipinski definition) is 2. The van der Waals surface area contributed by atoms with Crippen LogP contribution in [0, 0.1) is 0 Å². The molecule has 2 aromatic carbocycles. The fraction of sp³-hybridized carbons (Fsp3) is 0.391. The summed E-state index contributed by atoms with van der Waals surface area (Å²) in [5, 5.41) is 6.27. The molecule has 154 valence electrons. The van der Waals surface area contributed by atoms with Crippen molar-refractivity contribution in [2.75, 3.05) is 20.2 Å². The van der Waals surface area contributed by atoms with Crippen molar-refractivity contribution in [1.82, 2.24) is 15.5 Å². The number of hydrogen-bond acceptors (Lipinski definition) is 3. The Morgan fingerprint density at radius 3 is 2.62 bits per heavy atom. The first-order valence-corrected chi connectivity index (χ1v) is 10.2. The van der Waals surface area contributed by atoms with Crippen molar-refractivity contribution in [2.24, 2.45) is 4.99 Å². The summed E-state index contributed by atoms with van der Waals surface area (Å²) in [7, 11) is 2.03. The second kappa shape index (κ2) is 10.5. The van der Waals surface area contributed by atoms with Crippen LogP contribution < -0.4 is 15.4 Å². The maximum Gasteiger partial charge on any atom is 0.258 e. The molecule has 0 aliphatic heterocycles. The lowest BCUT2D eigenvalue weighted by Gasteiger charge is -2.22. The van der Waals surface area contributed by atoms with Crippen molar-refractivity contribution in [1.29, 1.82) is 0 Å². The van der Waals surface area contributed by atoms with Gasteiger partial charge in [-0.15, -0.1) is 0 Å². The molecule has 2 N–H and O–H groups in total. The van der Waals surface area contributed by atoms with Crippen molar-refractivity contribution < 1.29 is 9.53 Å². The largest absolute Gasteiger partial charge is 0.484 e. The fourth-order valence-electron chi connectivity index (χ4n) is 2.95. The standard InChI is InChI=1S/C23H30N4O2/c1-3-24-23(27(2)16-18-8-5-4-6-9-18)25-15-19-10-7-11-21(14-19)29-17-22(28)26-20-12-13-20/h4-11,14,20H,3,12-13,15-17H2,1-2H3,(H,24,25)(H,26,28). The Kier molecular flexibility index (Phi) is 7.50. The summed E-state index contributed by atoms with van der Waals surface area (Å²) < 4.78 is 5.63. The highest BCUT2D eigenvalue weighted by Crippen LogP contribution is 2.19. The minimum absolute atomic E-state index is 0.0473. The first-order chi connectivity index (χ1) is 14.1. The van der Waals surface area contributed by atoms with Crippen molar-refractivity contribution >= 4 is 11.9 Å². The number of ether oxygens (including phenoxy) is 1. The van der Waals surface area contributed by atoms with E-state index in [0.717, 1.165) is 37.5 Å². The van der Waals surface area contributed by atoms with Crippen LogP contribution in [0.25, 0.3) is 0 Å². The molecule has 0 aromatic heterocycles. The molecule has 6 nitrogen and oxygen atoms in total. The van der Waals surface area contributed by atoms with Crippen LogP contribution in [0.2, 0.25) is 0 Å².